The third-order valence-corrected chi connectivity index (χ3v) is 12.8. The van der Waals surface area contributed by atoms with Crippen LogP contribution in [-0.2, 0) is 43.0 Å². The second kappa shape index (κ2) is 13.5. The summed E-state index contributed by atoms with van der Waals surface area (Å²) in [7, 11) is -1.84. The standard InChI is InChI=1S/C19H16F2N2O2S.C19H16F2N2OS/c1-12(24)23-19(10-4-6-13-5-2-3-7-16(13)19)26(25)18(22-23)15-11-14(20)8-9-17(15)21;1-12(24)23-19(10-4-6-13-5-2-3-7-16(13)19)25-18(22-23)15-11-14(20)8-9-17(15)21/h2-3,5,7-9,11H,4,6,10H2,1H3;2-3,5,7-9,11H,4,6,10H2,1H3. The van der Waals surface area contributed by atoms with E-state index in [0.29, 0.717) is 11.5 Å². The zero-order chi connectivity index (χ0) is 36.1. The van der Waals surface area contributed by atoms with Gasteiger partial charge in [-0.15, -0.1) is 0 Å². The van der Waals surface area contributed by atoms with E-state index in [1.807, 2.05) is 42.5 Å². The van der Waals surface area contributed by atoms with Crippen LogP contribution in [0.1, 0.15) is 72.9 Å². The lowest BCUT2D eigenvalue weighted by Gasteiger charge is -2.39. The largest absolute Gasteiger partial charge is 0.273 e. The van der Waals surface area contributed by atoms with E-state index in [1.54, 1.807) is 0 Å². The minimum Gasteiger partial charge on any atom is -0.273 e. The van der Waals surface area contributed by atoms with Gasteiger partial charge in [0, 0.05) is 25.0 Å². The molecule has 4 aromatic rings. The molecule has 8 rings (SSSR count). The normalized spacial score (nSPS) is 23.3. The Hall–Kier alpha value is -4.62. The molecule has 51 heavy (non-hydrogen) atoms. The maximum absolute atomic E-state index is 14.3. The number of hydrazone groups is 2. The number of amides is 2. The molecule has 0 aromatic heterocycles. The lowest BCUT2D eigenvalue weighted by Crippen LogP contribution is -2.47. The van der Waals surface area contributed by atoms with Gasteiger partial charge in [-0.05, 0) is 97.2 Å². The van der Waals surface area contributed by atoms with Crippen molar-refractivity contribution in [3.05, 3.63) is 142 Å². The van der Waals surface area contributed by atoms with Gasteiger partial charge in [0.2, 0.25) is 11.8 Å². The van der Waals surface area contributed by atoms with Crippen molar-refractivity contribution in [3.63, 3.8) is 0 Å². The summed E-state index contributed by atoms with van der Waals surface area (Å²) in [6.45, 7) is 2.79. The second-order valence-corrected chi connectivity index (χ2v) is 15.5. The summed E-state index contributed by atoms with van der Waals surface area (Å²) >= 11 is 1.34. The molecule has 0 radical (unpaired) electrons. The zero-order valence-electron chi connectivity index (χ0n) is 27.7. The lowest BCUT2D eigenvalue weighted by atomic mass is 9.86. The van der Waals surface area contributed by atoms with Crippen LogP contribution >= 0.6 is 11.8 Å². The third-order valence-electron chi connectivity index (χ3n) is 9.53. The number of nitrogens with zero attached hydrogens (tertiary/aromatic N) is 4. The zero-order valence-corrected chi connectivity index (χ0v) is 29.3. The minimum atomic E-state index is -1.84. The Morgan fingerprint density at radius 2 is 1.25 bits per heavy atom. The number of carbonyl (C=O) groups excluding carboxylic acids is 2. The molecule has 2 amide bonds. The predicted octanol–water partition coefficient (Wildman–Crippen LogP) is 7.84. The summed E-state index contributed by atoms with van der Waals surface area (Å²) in [6, 6.07) is 21.7. The number of aryl methyl sites for hydroxylation is 2. The first-order chi connectivity index (χ1) is 24.5. The fraction of sp³-hybridized carbons (Fsp3) is 0.263. The van der Waals surface area contributed by atoms with E-state index in [2.05, 4.69) is 16.3 Å². The first kappa shape index (κ1) is 34.8. The fourth-order valence-electron chi connectivity index (χ4n) is 7.36. The Labute approximate surface area is 298 Å². The number of thioether (sulfide) groups is 1. The van der Waals surface area contributed by atoms with Crippen LogP contribution in [0.25, 0.3) is 0 Å². The Morgan fingerprint density at radius 1 is 0.706 bits per heavy atom. The van der Waals surface area contributed by atoms with E-state index < -0.39 is 43.8 Å². The lowest BCUT2D eigenvalue weighted by molar-refractivity contribution is -0.133. The molecular formula is C38H32F4N4O3S2. The fourth-order valence-corrected chi connectivity index (χ4v) is 10.8. The van der Waals surface area contributed by atoms with Crippen molar-refractivity contribution in [2.45, 2.75) is 62.1 Å². The number of benzene rings is 4. The van der Waals surface area contributed by atoms with E-state index >= 15 is 0 Å². The number of carbonyl (C=O) groups is 2. The highest BCUT2D eigenvalue weighted by molar-refractivity contribution is 8.15. The molecule has 13 heteroatoms. The van der Waals surface area contributed by atoms with Gasteiger partial charge >= 0.3 is 0 Å². The molecule has 3 atom stereocenters. The van der Waals surface area contributed by atoms with Crippen molar-refractivity contribution in [3.8, 4) is 0 Å². The number of rotatable bonds is 2. The number of hydrogen-bond donors (Lipinski definition) is 0. The molecular weight excluding hydrogens is 701 g/mol. The summed E-state index contributed by atoms with van der Waals surface area (Å²) < 4.78 is 69.3. The average Bonchev–Trinajstić information content (AvgIpc) is 3.64. The van der Waals surface area contributed by atoms with E-state index in [1.165, 1.54) is 41.2 Å². The Balaban J connectivity index is 0.000000159. The number of hydrogen-bond acceptors (Lipinski definition) is 6. The van der Waals surface area contributed by atoms with Gasteiger partial charge in [0.25, 0.3) is 0 Å². The van der Waals surface area contributed by atoms with Gasteiger partial charge in [0.15, 0.2) is 9.91 Å². The summed E-state index contributed by atoms with van der Waals surface area (Å²) in [6.07, 6.45) is 4.54. The highest BCUT2D eigenvalue weighted by atomic mass is 32.2. The molecule has 4 aliphatic rings. The summed E-state index contributed by atoms with van der Waals surface area (Å²) in [5.41, 5.74) is 3.87. The van der Waals surface area contributed by atoms with Gasteiger partial charge in [0.05, 0.1) is 0 Å². The topological polar surface area (TPSA) is 82.4 Å². The number of halogens is 4. The van der Waals surface area contributed by atoms with Crippen LogP contribution in [0.3, 0.4) is 0 Å². The maximum atomic E-state index is 14.3. The van der Waals surface area contributed by atoms with Crippen LogP contribution in [0.5, 0.6) is 0 Å². The van der Waals surface area contributed by atoms with Gasteiger partial charge in [-0.1, -0.05) is 60.3 Å². The minimum absolute atomic E-state index is 0.0937. The van der Waals surface area contributed by atoms with Gasteiger partial charge in [0.1, 0.15) is 44.0 Å². The van der Waals surface area contributed by atoms with Crippen LogP contribution in [0.4, 0.5) is 17.6 Å². The van der Waals surface area contributed by atoms with Crippen LogP contribution in [-0.4, -0.2) is 36.1 Å². The van der Waals surface area contributed by atoms with E-state index in [4.69, 9.17) is 0 Å². The smallest absolute Gasteiger partial charge is 0.241 e. The molecule has 0 N–H and O–H groups in total. The monoisotopic (exact) mass is 732 g/mol. The maximum Gasteiger partial charge on any atom is 0.241 e. The van der Waals surface area contributed by atoms with Crippen molar-refractivity contribution in [2.75, 3.05) is 0 Å². The molecule has 2 heterocycles. The van der Waals surface area contributed by atoms with Crippen molar-refractivity contribution >= 4 is 44.5 Å². The molecule has 3 unspecified atom stereocenters. The SMILES string of the molecule is CC(=O)N1N=C(c2cc(F)ccc2F)S(=O)C12CCCc1ccccc12.CC(=O)N1N=C(c2cc(F)ccc2F)SC12CCCc1ccccc12. The predicted molar refractivity (Wildman–Crippen MR) is 189 cm³/mol. The summed E-state index contributed by atoms with van der Waals surface area (Å²) in [5, 5.41) is 11.5. The summed E-state index contributed by atoms with van der Waals surface area (Å²) in [4.78, 5) is 22.8. The highest BCUT2D eigenvalue weighted by Crippen LogP contribution is 2.54. The number of fused-ring (bicyclic) bond motifs is 4. The van der Waals surface area contributed by atoms with Crippen molar-refractivity contribution in [1.82, 2.24) is 10.0 Å². The molecule has 0 fully saturated rings. The first-order valence-electron chi connectivity index (χ1n) is 16.4. The molecule has 0 saturated heterocycles. The Morgan fingerprint density at radius 3 is 1.90 bits per heavy atom. The Kier molecular flexibility index (Phi) is 9.21. The molecule has 0 saturated carbocycles. The van der Waals surface area contributed by atoms with Gasteiger partial charge < -0.3 is 0 Å². The third kappa shape index (κ3) is 5.89. The Bertz CT molecular complexity index is 2180. The van der Waals surface area contributed by atoms with E-state index in [9.17, 15) is 31.4 Å². The highest BCUT2D eigenvalue weighted by Gasteiger charge is 2.55. The molecule has 4 aromatic carbocycles. The molecule has 262 valence electrons. The van der Waals surface area contributed by atoms with E-state index in [0.717, 1.165) is 85.2 Å². The van der Waals surface area contributed by atoms with Crippen molar-refractivity contribution in [1.29, 1.82) is 0 Å². The van der Waals surface area contributed by atoms with Crippen LogP contribution in [0.15, 0.2) is 95.1 Å². The van der Waals surface area contributed by atoms with Crippen LogP contribution in [0, 0.1) is 23.3 Å². The van der Waals surface area contributed by atoms with Crippen molar-refractivity contribution in [2.24, 2.45) is 10.2 Å². The quantitative estimate of drug-likeness (QED) is 0.197. The second-order valence-electron chi connectivity index (χ2n) is 12.7. The molecule has 2 spiro atoms. The molecule has 7 nitrogen and oxygen atoms in total. The van der Waals surface area contributed by atoms with E-state index in [-0.39, 0.29) is 28.0 Å². The summed E-state index contributed by atoms with van der Waals surface area (Å²) in [5.74, 6) is -3.04. The van der Waals surface area contributed by atoms with Gasteiger partial charge in [-0.25, -0.2) is 31.8 Å². The van der Waals surface area contributed by atoms with Crippen LogP contribution in [0.2, 0.25) is 0 Å². The molecule has 0 bridgehead atoms. The average molecular weight is 733 g/mol. The van der Waals surface area contributed by atoms with Crippen molar-refractivity contribution < 1.29 is 31.4 Å². The molecule has 2 aliphatic carbocycles. The first-order valence-corrected chi connectivity index (χ1v) is 18.4. The van der Waals surface area contributed by atoms with Gasteiger partial charge in [-0.2, -0.15) is 10.2 Å². The molecule has 2 aliphatic heterocycles. The van der Waals surface area contributed by atoms with Gasteiger partial charge in [-0.3, -0.25) is 9.59 Å². The van der Waals surface area contributed by atoms with Crippen LogP contribution < -0.4 is 0 Å².